The third kappa shape index (κ3) is 1.18. The average molecular weight is 219 g/mol. The van der Waals surface area contributed by atoms with Crippen LogP contribution in [-0.2, 0) is 0 Å². The number of hydrogen-bond acceptors (Lipinski definition) is 2. The number of rotatable bonds is 1. The Morgan fingerprint density at radius 1 is 1.27 bits per heavy atom. The summed E-state index contributed by atoms with van der Waals surface area (Å²) >= 11 is 1.55. The summed E-state index contributed by atoms with van der Waals surface area (Å²) in [6.45, 7) is 0. The van der Waals surface area contributed by atoms with Crippen LogP contribution in [0.3, 0.4) is 0 Å². The van der Waals surface area contributed by atoms with Crippen molar-refractivity contribution in [3.63, 3.8) is 0 Å². The monoisotopic (exact) mass is 219 g/mol. The van der Waals surface area contributed by atoms with Crippen LogP contribution >= 0.6 is 11.3 Å². The van der Waals surface area contributed by atoms with Gasteiger partial charge in [-0.25, -0.2) is 4.39 Å². The normalized spacial score (nSPS) is 11.3. The maximum atomic E-state index is 13.1. The molecule has 4 heteroatoms. The molecule has 0 amide bonds. The number of carbonyl (C=O) groups is 1. The van der Waals surface area contributed by atoms with Gasteiger partial charge in [-0.1, -0.05) is 0 Å². The van der Waals surface area contributed by atoms with Gasteiger partial charge in [-0.05, 0) is 24.3 Å². The van der Waals surface area contributed by atoms with Gasteiger partial charge in [0.05, 0.1) is 15.9 Å². The molecule has 15 heavy (non-hydrogen) atoms. The Balaban J connectivity index is 2.47. The number of thiophene rings is 1. The summed E-state index contributed by atoms with van der Waals surface area (Å²) in [7, 11) is 0. The van der Waals surface area contributed by atoms with Crippen LogP contribution in [0.25, 0.3) is 20.3 Å². The van der Waals surface area contributed by atoms with Gasteiger partial charge in [0, 0.05) is 10.1 Å². The van der Waals surface area contributed by atoms with E-state index in [1.54, 1.807) is 23.5 Å². The molecule has 0 bridgehead atoms. The number of hydrogen-bond donors (Lipinski definition) is 1. The summed E-state index contributed by atoms with van der Waals surface area (Å²) in [5.41, 5.74) is 1.37. The van der Waals surface area contributed by atoms with E-state index in [2.05, 4.69) is 4.98 Å². The topological polar surface area (TPSA) is 32.9 Å². The van der Waals surface area contributed by atoms with E-state index >= 15 is 0 Å². The highest BCUT2D eigenvalue weighted by molar-refractivity contribution is 7.25. The Morgan fingerprint density at radius 2 is 2.13 bits per heavy atom. The molecule has 0 atom stereocenters. The molecule has 3 rings (SSSR count). The van der Waals surface area contributed by atoms with Gasteiger partial charge >= 0.3 is 0 Å². The van der Waals surface area contributed by atoms with E-state index in [1.807, 2.05) is 0 Å². The van der Waals surface area contributed by atoms with Gasteiger partial charge in [0.15, 0.2) is 6.29 Å². The summed E-state index contributed by atoms with van der Waals surface area (Å²) in [6.07, 6.45) is 0.762. The van der Waals surface area contributed by atoms with Gasteiger partial charge in [-0.2, -0.15) is 0 Å². The van der Waals surface area contributed by atoms with E-state index in [1.165, 1.54) is 12.1 Å². The summed E-state index contributed by atoms with van der Waals surface area (Å²) < 4.78 is 15.1. The van der Waals surface area contributed by atoms with Gasteiger partial charge in [-0.3, -0.25) is 4.79 Å². The molecule has 0 saturated heterocycles. The average Bonchev–Trinajstić information content (AvgIpc) is 2.75. The second kappa shape index (κ2) is 2.90. The molecule has 0 saturated carbocycles. The van der Waals surface area contributed by atoms with Gasteiger partial charge in [0.1, 0.15) is 5.82 Å². The highest BCUT2D eigenvalue weighted by atomic mass is 32.1. The second-order valence-electron chi connectivity index (χ2n) is 3.32. The van der Waals surface area contributed by atoms with Crippen molar-refractivity contribution in [1.29, 1.82) is 0 Å². The Labute approximate surface area is 88.3 Å². The third-order valence-corrected chi connectivity index (χ3v) is 3.48. The molecule has 0 spiro atoms. The largest absolute Gasteiger partial charge is 0.351 e. The van der Waals surface area contributed by atoms with Crippen molar-refractivity contribution in [2.75, 3.05) is 0 Å². The standard InChI is InChI=1S/C11H6FNOS/c12-6-1-2-9-8(3-6)11-10(15-9)4-7(5-14)13-11/h1-5,13H. The minimum absolute atomic E-state index is 0.260. The quantitative estimate of drug-likeness (QED) is 0.625. The molecule has 2 heterocycles. The predicted molar refractivity (Wildman–Crippen MR) is 59.0 cm³/mol. The number of fused-ring (bicyclic) bond motifs is 3. The van der Waals surface area contributed by atoms with Crippen LogP contribution in [0.1, 0.15) is 10.5 Å². The number of halogens is 1. The molecular formula is C11H6FNOS. The van der Waals surface area contributed by atoms with Gasteiger partial charge in [0.2, 0.25) is 0 Å². The van der Waals surface area contributed by atoms with E-state index in [9.17, 15) is 9.18 Å². The van der Waals surface area contributed by atoms with Gasteiger partial charge < -0.3 is 4.98 Å². The third-order valence-electron chi connectivity index (χ3n) is 2.36. The van der Waals surface area contributed by atoms with Crippen molar-refractivity contribution in [1.82, 2.24) is 4.98 Å². The fourth-order valence-corrected chi connectivity index (χ4v) is 2.80. The highest BCUT2D eigenvalue weighted by Gasteiger charge is 2.08. The van der Waals surface area contributed by atoms with Crippen LogP contribution in [0.5, 0.6) is 0 Å². The Hall–Kier alpha value is -1.68. The zero-order valence-corrected chi connectivity index (χ0v) is 8.40. The smallest absolute Gasteiger partial charge is 0.166 e. The first-order valence-electron chi connectivity index (χ1n) is 4.44. The van der Waals surface area contributed by atoms with E-state index in [4.69, 9.17) is 0 Å². The molecule has 1 aromatic carbocycles. The van der Waals surface area contributed by atoms with Crippen LogP contribution in [0.15, 0.2) is 24.3 Å². The molecule has 0 radical (unpaired) electrons. The molecule has 0 aliphatic heterocycles. The van der Waals surface area contributed by atoms with E-state index in [0.29, 0.717) is 5.69 Å². The van der Waals surface area contributed by atoms with E-state index < -0.39 is 0 Å². The number of H-pyrrole nitrogens is 1. The second-order valence-corrected chi connectivity index (χ2v) is 4.41. The lowest BCUT2D eigenvalue weighted by atomic mass is 10.2. The maximum absolute atomic E-state index is 13.1. The molecule has 2 nitrogen and oxygen atoms in total. The van der Waals surface area contributed by atoms with Crippen LogP contribution in [0, 0.1) is 5.82 Å². The fourth-order valence-electron chi connectivity index (χ4n) is 1.70. The van der Waals surface area contributed by atoms with Crippen LogP contribution in [0.2, 0.25) is 0 Å². The summed E-state index contributed by atoms with van der Waals surface area (Å²) in [5.74, 6) is -0.260. The lowest BCUT2D eigenvalue weighted by molar-refractivity contribution is 0.112. The Morgan fingerprint density at radius 3 is 2.93 bits per heavy atom. The van der Waals surface area contributed by atoms with Crippen molar-refractivity contribution >= 4 is 37.9 Å². The van der Waals surface area contributed by atoms with Crippen molar-refractivity contribution in [3.8, 4) is 0 Å². The minimum atomic E-state index is -0.260. The SMILES string of the molecule is O=Cc1cc2sc3ccc(F)cc3c2[nH]1. The van der Waals surface area contributed by atoms with Crippen molar-refractivity contribution < 1.29 is 9.18 Å². The molecule has 74 valence electrons. The zero-order valence-electron chi connectivity index (χ0n) is 7.58. The van der Waals surface area contributed by atoms with E-state index in [0.717, 1.165) is 26.6 Å². The first kappa shape index (κ1) is 8.61. The molecule has 0 fully saturated rings. The Kier molecular flexibility index (Phi) is 1.67. The van der Waals surface area contributed by atoms with Crippen molar-refractivity contribution in [3.05, 3.63) is 35.8 Å². The number of carbonyl (C=O) groups excluding carboxylic acids is 1. The molecule has 0 unspecified atom stereocenters. The lowest BCUT2D eigenvalue weighted by Gasteiger charge is -1.89. The number of benzene rings is 1. The van der Waals surface area contributed by atoms with Crippen molar-refractivity contribution in [2.45, 2.75) is 0 Å². The van der Waals surface area contributed by atoms with Crippen LogP contribution in [-0.4, -0.2) is 11.3 Å². The van der Waals surface area contributed by atoms with Crippen molar-refractivity contribution in [2.24, 2.45) is 0 Å². The first-order chi connectivity index (χ1) is 7.28. The minimum Gasteiger partial charge on any atom is -0.351 e. The molecule has 0 aliphatic carbocycles. The summed E-state index contributed by atoms with van der Waals surface area (Å²) in [4.78, 5) is 13.5. The number of aldehydes is 1. The van der Waals surface area contributed by atoms with Crippen LogP contribution < -0.4 is 0 Å². The van der Waals surface area contributed by atoms with E-state index in [-0.39, 0.29) is 5.82 Å². The Bertz CT molecular complexity index is 668. The predicted octanol–water partition coefficient (Wildman–Crippen LogP) is 3.33. The fraction of sp³-hybridized carbons (Fsp3) is 0. The van der Waals surface area contributed by atoms with Gasteiger partial charge in [-0.15, -0.1) is 11.3 Å². The molecule has 1 N–H and O–H groups in total. The first-order valence-corrected chi connectivity index (χ1v) is 5.25. The number of nitrogens with one attached hydrogen (secondary N) is 1. The van der Waals surface area contributed by atoms with Gasteiger partial charge in [0.25, 0.3) is 0 Å². The molecular weight excluding hydrogens is 213 g/mol. The lowest BCUT2D eigenvalue weighted by Crippen LogP contribution is -1.76. The zero-order chi connectivity index (χ0) is 10.4. The number of aromatic nitrogens is 1. The summed E-state index contributed by atoms with van der Waals surface area (Å²) in [6, 6.07) is 6.46. The molecule has 2 aromatic heterocycles. The van der Waals surface area contributed by atoms with Crippen LogP contribution in [0.4, 0.5) is 4.39 Å². The number of aromatic amines is 1. The summed E-state index contributed by atoms with van der Waals surface area (Å²) in [5, 5.41) is 0.836. The maximum Gasteiger partial charge on any atom is 0.166 e. The molecule has 3 aromatic rings. The molecule has 0 aliphatic rings. The highest BCUT2D eigenvalue weighted by Crippen LogP contribution is 2.33.